The lowest BCUT2D eigenvalue weighted by atomic mass is 10.2. The Morgan fingerprint density at radius 1 is 1.29 bits per heavy atom. The van der Waals surface area contributed by atoms with E-state index in [-0.39, 0.29) is 17.2 Å². The maximum Gasteiger partial charge on any atom is 0.210 e. The molecule has 0 bridgehead atoms. The van der Waals surface area contributed by atoms with Crippen molar-refractivity contribution in [3.05, 3.63) is 0 Å². The van der Waals surface area contributed by atoms with Gasteiger partial charge >= 0.3 is 0 Å². The summed E-state index contributed by atoms with van der Waals surface area (Å²) >= 11 is 0. The normalized spacial score (nSPS) is 26.1. The fourth-order valence-electron chi connectivity index (χ4n) is 1.78. The van der Waals surface area contributed by atoms with Crippen LogP contribution in [-0.4, -0.2) is 44.6 Å². The molecule has 0 N–H and O–H groups in total. The lowest BCUT2D eigenvalue weighted by Crippen LogP contribution is -2.44. The number of aldehydes is 1. The quantitative estimate of drug-likeness (QED) is 0.570. The average molecular weight is 257 g/mol. The number of amides is 1. The molecule has 0 aliphatic carbocycles. The second kappa shape index (κ2) is 4.90. The Hall–Kier alpha value is -0.683. The highest BCUT2D eigenvalue weighted by Gasteiger charge is 2.42. The van der Waals surface area contributed by atoms with Crippen LogP contribution in [0, 0.1) is 0 Å². The van der Waals surface area contributed by atoms with E-state index in [2.05, 4.69) is 33.9 Å². The lowest BCUT2D eigenvalue weighted by molar-refractivity contribution is -0.123. The van der Waals surface area contributed by atoms with E-state index >= 15 is 0 Å². The molecule has 0 aromatic rings. The standard InChI is InChI=1S/C12H23NO3Si/c1-12(2,3)17(4,5)16-11-6-10(8-14)13(7-11)9-15/h8-11H,6-7H2,1-5H3/t10-,11+/m0/s1. The van der Waals surface area contributed by atoms with Crippen molar-refractivity contribution in [3.63, 3.8) is 0 Å². The first-order valence-electron chi connectivity index (χ1n) is 6.05. The molecular formula is C12H23NO3Si. The summed E-state index contributed by atoms with van der Waals surface area (Å²) in [5.41, 5.74) is 0. The second-order valence-corrected chi connectivity index (χ2v) is 11.0. The van der Waals surface area contributed by atoms with Crippen LogP contribution in [0.2, 0.25) is 18.1 Å². The fraction of sp³-hybridized carbons (Fsp3) is 0.833. The number of carbonyl (C=O) groups excluding carboxylic acids is 2. The Labute approximate surface area is 104 Å². The summed E-state index contributed by atoms with van der Waals surface area (Å²) in [6.07, 6.45) is 2.22. The molecule has 0 aromatic heterocycles. The van der Waals surface area contributed by atoms with Gasteiger partial charge in [-0.25, -0.2) is 0 Å². The van der Waals surface area contributed by atoms with Crippen LogP contribution in [0.15, 0.2) is 0 Å². The predicted molar refractivity (Wildman–Crippen MR) is 69.3 cm³/mol. The number of nitrogens with zero attached hydrogens (tertiary/aromatic N) is 1. The third kappa shape index (κ3) is 3.16. The molecule has 5 heteroatoms. The van der Waals surface area contributed by atoms with Gasteiger partial charge in [0.2, 0.25) is 6.41 Å². The van der Waals surface area contributed by atoms with E-state index in [4.69, 9.17) is 4.43 Å². The minimum atomic E-state index is -1.81. The van der Waals surface area contributed by atoms with Crippen molar-refractivity contribution in [1.82, 2.24) is 4.90 Å². The summed E-state index contributed by atoms with van der Waals surface area (Å²) in [5.74, 6) is 0. The van der Waals surface area contributed by atoms with E-state index < -0.39 is 8.32 Å². The van der Waals surface area contributed by atoms with Gasteiger partial charge in [0, 0.05) is 13.0 Å². The zero-order valence-corrected chi connectivity index (χ0v) is 12.4. The fourth-order valence-corrected chi connectivity index (χ4v) is 3.14. The maximum absolute atomic E-state index is 10.8. The van der Waals surface area contributed by atoms with Gasteiger partial charge in [0.25, 0.3) is 0 Å². The molecule has 4 nitrogen and oxygen atoms in total. The highest BCUT2D eigenvalue weighted by Crippen LogP contribution is 2.38. The molecule has 0 spiro atoms. The van der Waals surface area contributed by atoms with Crippen LogP contribution in [0.1, 0.15) is 27.2 Å². The number of carbonyl (C=O) groups is 2. The molecule has 1 aliphatic heterocycles. The molecule has 1 rings (SSSR count). The summed E-state index contributed by atoms with van der Waals surface area (Å²) in [4.78, 5) is 23.2. The number of hydrogen-bond donors (Lipinski definition) is 0. The van der Waals surface area contributed by atoms with Crippen LogP contribution in [0.4, 0.5) is 0 Å². The first-order valence-corrected chi connectivity index (χ1v) is 8.96. The van der Waals surface area contributed by atoms with Crippen molar-refractivity contribution < 1.29 is 14.0 Å². The van der Waals surface area contributed by atoms with Gasteiger partial charge in [-0.3, -0.25) is 4.79 Å². The van der Waals surface area contributed by atoms with Crippen molar-refractivity contribution in [1.29, 1.82) is 0 Å². The molecule has 1 amide bonds. The molecule has 0 aromatic carbocycles. The number of hydrogen-bond acceptors (Lipinski definition) is 3. The van der Waals surface area contributed by atoms with Crippen molar-refractivity contribution in [2.75, 3.05) is 6.54 Å². The molecule has 0 saturated carbocycles. The Bertz CT molecular complexity index is 283. The number of rotatable bonds is 4. The molecular weight excluding hydrogens is 234 g/mol. The summed E-state index contributed by atoms with van der Waals surface area (Å²) in [7, 11) is -1.81. The summed E-state index contributed by atoms with van der Waals surface area (Å²) < 4.78 is 6.21. The van der Waals surface area contributed by atoms with Gasteiger partial charge in [-0.2, -0.15) is 0 Å². The Morgan fingerprint density at radius 3 is 2.24 bits per heavy atom. The molecule has 1 saturated heterocycles. The molecule has 2 atom stereocenters. The van der Waals surface area contributed by atoms with Gasteiger partial charge in [-0.1, -0.05) is 20.8 Å². The van der Waals surface area contributed by atoms with Gasteiger partial charge < -0.3 is 14.1 Å². The smallest absolute Gasteiger partial charge is 0.210 e. The molecule has 17 heavy (non-hydrogen) atoms. The predicted octanol–water partition coefficient (Wildman–Crippen LogP) is 1.81. The Morgan fingerprint density at radius 2 is 1.88 bits per heavy atom. The van der Waals surface area contributed by atoms with E-state index in [9.17, 15) is 9.59 Å². The first kappa shape index (κ1) is 14.4. The molecule has 1 fully saturated rings. The minimum absolute atomic E-state index is 0.0105. The molecule has 1 aliphatic rings. The summed E-state index contributed by atoms with van der Waals surface area (Å²) in [6, 6.07) is -0.303. The lowest BCUT2D eigenvalue weighted by Gasteiger charge is -2.38. The SMILES string of the molecule is CC(C)(C)[Si](C)(C)O[C@@H]1C[C@@H](C=O)N(C=O)C1. The van der Waals surface area contributed by atoms with Crippen molar-refractivity contribution in [3.8, 4) is 0 Å². The van der Waals surface area contributed by atoms with Crippen LogP contribution in [-0.2, 0) is 14.0 Å². The van der Waals surface area contributed by atoms with E-state index in [0.29, 0.717) is 13.0 Å². The largest absolute Gasteiger partial charge is 0.412 e. The minimum Gasteiger partial charge on any atom is -0.412 e. The van der Waals surface area contributed by atoms with Crippen molar-refractivity contribution in [2.45, 2.75) is 57.5 Å². The van der Waals surface area contributed by atoms with E-state index in [1.165, 1.54) is 4.90 Å². The highest BCUT2D eigenvalue weighted by atomic mass is 28.4. The van der Waals surface area contributed by atoms with Crippen LogP contribution < -0.4 is 0 Å². The van der Waals surface area contributed by atoms with Crippen molar-refractivity contribution >= 4 is 21.0 Å². The van der Waals surface area contributed by atoms with Crippen LogP contribution in [0.5, 0.6) is 0 Å². The topological polar surface area (TPSA) is 46.6 Å². The Kier molecular flexibility index (Phi) is 4.14. The monoisotopic (exact) mass is 257 g/mol. The first-order chi connectivity index (χ1) is 7.71. The zero-order chi connectivity index (χ0) is 13.3. The van der Waals surface area contributed by atoms with Gasteiger partial charge in [0.1, 0.15) is 6.29 Å². The van der Waals surface area contributed by atoms with Crippen LogP contribution in [0.25, 0.3) is 0 Å². The zero-order valence-electron chi connectivity index (χ0n) is 11.4. The van der Waals surface area contributed by atoms with E-state index in [1.54, 1.807) is 0 Å². The third-order valence-electron chi connectivity index (χ3n) is 3.90. The van der Waals surface area contributed by atoms with Crippen molar-refractivity contribution in [2.24, 2.45) is 0 Å². The van der Waals surface area contributed by atoms with Crippen LogP contribution in [0.3, 0.4) is 0 Å². The van der Waals surface area contributed by atoms with Gasteiger partial charge in [-0.05, 0) is 18.1 Å². The van der Waals surface area contributed by atoms with Crippen LogP contribution >= 0.6 is 0 Å². The summed E-state index contributed by atoms with van der Waals surface area (Å²) in [6.45, 7) is 11.5. The highest BCUT2D eigenvalue weighted by molar-refractivity contribution is 6.74. The molecule has 1 heterocycles. The van der Waals surface area contributed by atoms with Gasteiger partial charge in [0.15, 0.2) is 8.32 Å². The number of likely N-dealkylation sites (tertiary alicyclic amines) is 1. The van der Waals surface area contributed by atoms with Gasteiger partial charge in [0.05, 0.1) is 12.1 Å². The van der Waals surface area contributed by atoms with E-state index in [0.717, 1.165) is 12.7 Å². The second-order valence-electron chi connectivity index (χ2n) is 6.24. The maximum atomic E-state index is 10.8. The van der Waals surface area contributed by atoms with Gasteiger partial charge in [-0.15, -0.1) is 0 Å². The summed E-state index contributed by atoms with van der Waals surface area (Å²) in [5, 5.41) is 0.151. The van der Waals surface area contributed by atoms with E-state index in [1.807, 2.05) is 0 Å². The molecule has 0 unspecified atom stereocenters. The third-order valence-corrected chi connectivity index (χ3v) is 8.44. The Balaban J connectivity index is 2.66. The average Bonchev–Trinajstić information content (AvgIpc) is 2.57. The molecule has 98 valence electrons. The molecule has 0 radical (unpaired) electrons.